The SMILES string of the molecule is Cn1cc(C(=O)c2cccc(C3CCC3)c2)cn1. The van der Waals surface area contributed by atoms with Gasteiger partial charge in [0.25, 0.3) is 0 Å². The minimum atomic E-state index is 0.0595. The van der Waals surface area contributed by atoms with E-state index in [0.29, 0.717) is 11.5 Å². The molecule has 1 heterocycles. The lowest BCUT2D eigenvalue weighted by Gasteiger charge is -2.26. The summed E-state index contributed by atoms with van der Waals surface area (Å²) in [5.74, 6) is 0.718. The Kier molecular flexibility index (Phi) is 2.74. The fourth-order valence-electron chi connectivity index (χ4n) is 2.38. The Morgan fingerprint density at radius 2 is 2.17 bits per heavy atom. The molecule has 2 aromatic rings. The highest BCUT2D eigenvalue weighted by molar-refractivity contribution is 6.08. The Labute approximate surface area is 106 Å². The zero-order valence-electron chi connectivity index (χ0n) is 10.5. The Bertz CT molecular complexity index is 582. The first-order valence-electron chi connectivity index (χ1n) is 6.37. The van der Waals surface area contributed by atoms with E-state index in [1.165, 1.54) is 24.8 Å². The molecule has 0 atom stereocenters. The summed E-state index contributed by atoms with van der Waals surface area (Å²) in [5, 5.41) is 4.04. The van der Waals surface area contributed by atoms with Crippen LogP contribution in [0.25, 0.3) is 0 Å². The quantitative estimate of drug-likeness (QED) is 0.773. The van der Waals surface area contributed by atoms with E-state index in [4.69, 9.17) is 0 Å². The molecule has 1 saturated carbocycles. The number of hydrogen-bond acceptors (Lipinski definition) is 2. The van der Waals surface area contributed by atoms with Gasteiger partial charge in [-0.25, -0.2) is 0 Å². The molecule has 3 rings (SSSR count). The topological polar surface area (TPSA) is 34.9 Å². The molecule has 0 amide bonds. The molecule has 1 aromatic carbocycles. The summed E-state index contributed by atoms with van der Waals surface area (Å²) < 4.78 is 1.66. The minimum absolute atomic E-state index is 0.0595. The molecule has 3 heteroatoms. The number of rotatable bonds is 3. The largest absolute Gasteiger partial charge is 0.288 e. The number of benzene rings is 1. The maximum absolute atomic E-state index is 12.3. The zero-order chi connectivity index (χ0) is 12.5. The van der Waals surface area contributed by atoms with Crippen LogP contribution in [0.1, 0.15) is 46.7 Å². The van der Waals surface area contributed by atoms with Gasteiger partial charge in [-0.2, -0.15) is 5.10 Å². The second-order valence-electron chi connectivity index (χ2n) is 4.99. The van der Waals surface area contributed by atoms with E-state index in [0.717, 1.165) is 5.56 Å². The monoisotopic (exact) mass is 240 g/mol. The van der Waals surface area contributed by atoms with Crippen molar-refractivity contribution in [1.29, 1.82) is 0 Å². The fraction of sp³-hybridized carbons (Fsp3) is 0.333. The predicted octanol–water partition coefficient (Wildman–Crippen LogP) is 2.92. The molecule has 1 aromatic heterocycles. The molecule has 0 bridgehead atoms. The van der Waals surface area contributed by atoms with Crippen molar-refractivity contribution in [3.8, 4) is 0 Å². The van der Waals surface area contributed by atoms with Gasteiger partial charge < -0.3 is 0 Å². The molecule has 1 aliphatic rings. The number of carbonyl (C=O) groups is 1. The van der Waals surface area contributed by atoms with Crippen LogP contribution in [-0.4, -0.2) is 15.6 Å². The molecule has 0 N–H and O–H groups in total. The highest BCUT2D eigenvalue weighted by atomic mass is 16.1. The van der Waals surface area contributed by atoms with Gasteiger partial charge in [-0.1, -0.05) is 24.6 Å². The molecule has 0 aliphatic heterocycles. The van der Waals surface area contributed by atoms with E-state index < -0.39 is 0 Å². The highest BCUT2D eigenvalue weighted by Crippen LogP contribution is 2.36. The van der Waals surface area contributed by atoms with Crippen molar-refractivity contribution in [2.24, 2.45) is 7.05 Å². The molecule has 1 aliphatic carbocycles. The normalized spacial score (nSPS) is 15.4. The summed E-state index contributed by atoms with van der Waals surface area (Å²) in [6.45, 7) is 0. The highest BCUT2D eigenvalue weighted by Gasteiger charge is 2.20. The van der Waals surface area contributed by atoms with Crippen LogP contribution in [0.3, 0.4) is 0 Å². The summed E-state index contributed by atoms with van der Waals surface area (Å²) in [6, 6.07) is 8.04. The van der Waals surface area contributed by atoms with Crippen molar-refractivity contribution in [2.75, 3.05) is 0 Å². The summed E-state index contributed by atoms with van der Waals surface area (Å²) >= 11 is 0. The molecular weight excluding hydrogens is 224 g/mol. The van der Waals surface area contributed by atoms with E-state index in [2.05, 4.69) is 11.2 Å². The zero-order valence-corrected chi connectivity index (χ0v) is 10.5. The van der Waals surface area contributed by atoms with Crippen LogP contribution in [0.5, 0.6) is 0 Å². The van der Waals surface area contributed by atoms with Crippen LogP contribution in [0, 0.1) is 0 Å². The van der Waals surface area contributed by atoms with E-state index in [1.807, 2.05) is 25.2 Å². The summed E-state index contributed by atoms with van der Waals surface area (Å²) in [7, 11) is 1.82. The van der Waals surface area contributed by atoms with Gasteiger partial charge in [-0.15, -0.1) is 0 Å². The third-order valence-electron chi connectivity index (χ3n) is 3.69. The van der Waals surface area contributed by atoms with Crippen LogP contribution >= 0.6 is 0 Å². The number of carbonyl (C=O) groups excluding carboxylic acids is 1. The molecule has 3 nitrogen and oxygen atoms in total. The molecule has 18 heavy (non-hydrogen) atoms. The van der Waals surface area contributed by atoms with Crippen LogP contribution < -0.4 is 0 Å². The lowest BCUT2D eigenvalue weighted by atomic mass is 9.79. The van der Waals surface area contributed by atoms with Crippen molar-refractivity contribution >= 4 is 5.78 Å². The van der Waals surface area contributed by atoms with Crippen LogP contribution in [0.4, 0.5) is 0 Å². The Morgan fingerprint density at radius 3 is 2.78 bits per heavy atom. The van der Waals surface area contributed by atoms with E-state index >= 15 is 0 Å². The minimum Gasteiger partial charge on any atom is -0.288 e. The smallest absolute Gasteiger partial charge is 0.196 e. The molecule has 92 valence electrons. The molecule has 0 spiro atoms. The molecule has 1 fully saturated rings. The number of hydrogen-bond donors (Lipinski definition) is 0. The van der Waals surface area contributed by atoms with E-state index in [9.17, 15) is 4.79 Å². The average molecular weight is 240 g/mol. The third kappa shape index (κ3) is 1.96. The van der Waals surface area contributed by atoms with Crippen molar-refractivity contribution < 1.29 is 4.79 Å². The van der Waals surface area contributed by atoms with Gasteiger partial charge in [0.1, 0.15) is 0 Å². The second-order valence-corrected chi connectivity index (χ2v) is 4.99. The first kappa shape index (κ1) is 11.2. The van der Waals surface area contributed by atoms with Crippen molar-refractivity contribution in [1.82, 2.24) is 9.78 Å². The Hall–Kier alpha value is -1.90. The number of nitrogens with zero attached hydrogens (tertiary/aromatic N) is 2. The van der Waals surface area contributed by atoms with Gasteiger partial charge in [-0.05, 0) is 30.4 Å². The van der Waals surface area contributed by atoms with Crippen molar-refractivity contribution in [3.05, 3.63) is 53.3 Å². The van der Waals surface area contributed by atoms with Gasteiger partial charge in [0, 0.05) is 18.8 Å². The summed E-state index contributed by atoms with van der Waals surface area (Å²) in [6.07, 6.45) is 7.21. The van der Waals surface area contributed by atoms with Gasteiger partial charge in [-0.3, -0.25) is 9.48 Å². The van der Waals surface area contributed by atoms with Crippen LogP contribution in [-0.2, 0) is 7.05 Å². The number of ketones is 1. The maximum Gasteiger partial charge on any atom is 0.196 e. The summed E-state index contributed by atoms with van der Waals surface area (Å²) in [4.78, 5) is 12.3. The lowest BCUT2D eigenvalue weighted by molar-refractivity contribution is 0.103. The molecule has 0 saturated heterocycles. The van der Waals surface area contributed by atoms with Crippen molar-refractivity contribution in [3.63, 3.8) is 0 Å². The van der Waals surface area contributed by atoms with Gasteiger partial charge in [0.05, 0.1) is 11.8 Å². The van der Waals surface area contributed by atoms with E-state index in [1.54, 1.807) is 17.1 Å². The Morgan fingerprint density at radius 1 is 1.33 bits per heavy atom. The maximum atomic E-state index is 12.3. The standard InChI is InChI=1S/C15H16N2O/c1-17-10-14(9-16-17)15(18)13-7-3-6-12(8-13)11-4-2-5-11/h3,6-11H,2,4-5H2,1H3. The third-order valence-corrected chi connectivity index (χ3v) is 3.69. The van der Waals surface area contributed by atoms with Crippen LogP contribution in [0.2, 0.25) is 0 Å². The fourth-order valence-corrected chi connectivity index (χ4v) is 2.38. The molecule has 0 radical (unpaired) electrons. The first-order chi connectivity index (χ1) is 8.74. The first-order valence-corrected chi connectivity index (χ1v) is 6.37. The lowest BCUT2D eigenvalue weighted by Crippen LogP contribution is -2.10. The predicted molar refractivity (Wildman–Crippen MR) is 69.7 cm³/mol. The van der Waals surface area contributed by atoms with Gasteiger partial charge >= 0.3 is 0 Å². The molecular formula is C15H16N2O. The second kappa shape index (κ2) is 4.41. The van der Waals surface area contributed by atoms with Crippen molar-refractivity contribution in [2.45, 2.75) is 25.2 Å². The molecule has 0 unspecified atom stereocenters. The van der Waals surface area contributed by atoms with Gasteiger partial charge in [0.2, 0.25) is 0 Å². The van der Waals surface area contributed by atoms with E-state index in [-0.39, 0.29) is 5.78 Å². The van der Waals surface area contributed by atoms with Crippen LogP contribution in [0.15, 0.2) is 36.7 Å². The average Bonchev–Trinajstić information content (AvgIpc) is 2.73. The van der Waals surface area contributed by atoms with Gasteiger partial charge in [0.15, 0.2) is 5.78 Å². The number of aryl methyl sites for hydroxylation is 1. The number of aromatic nitrogens is 2. The summed E-state index contributed by atoms with van der Waals surface area (Å²) in [5.41, 5.74) is 2.73. The Balaban J connectivity index is 1.89.